The standard InChI is InChI=1S/C17H20N2O4S/c1-11-10-14(8-9-17(11)23-4)24(21,22)19-16-7-5-6-15(12(16)2)18-13(3)20/h5-10,19H,1-4H3,(H,18,20). The Kier molecular flexibility index (Phi) is 5.14. The Morgan fingerprint density at radius 1 is 1.08 bits per heavy atom. The molecular weight excluding hydrogens is 328 g/mol. The zero-order valence-corrected chi connectivity index (χ0v) is 14.8. The van der Waals surface area contributed by atoms with Crippen molar-refractivity contribution in [1.29, 1.82) is 0 Å². The lowest BCUT2D eigenvalue weighted by Gasteiger charge is -2.14. The first-order valence-electron chi connectivity index (χ1n) is 7.29. The minimum absolute atomic E-state index is 0.144. The van der Waals surface area contributed by atoms with Gasteiger partial charge in [-0.15, -0.1) is 0 Å². The molecule has 2 aromatic rings. The van der Waals surface area contributed by atoms with Crippen molar-refractivity contribution < 1.29 is 17.9 Å². The third kappa shape index (κ3) is 3.86. The zero-order valence-electron chi connectivity index (χ0n) is 14.0. The van der Waals surface area contributed by atoms with E-state index in [0.29, 0.717) is 22.7 Å². The predicted molar refractivity (Wildman–Crippen MR) is 94.0 cm³/mol. The van der Waals surface area contributed by atoms with Crippen molar-refractivity contribution in [3.05, 3.63) is 47.5 Å². The molecule has 6 nitrogen and oxygen atoms in total. The number of rotatable bonds is 5. The Labute approximate surface area is 141 Å². The summed E-state index contributed by atoms with van der Waals surface area (Å²) in [5, 5.41) is 2.67. The molecule has 0 spiro atoms. The van der Waals surface area contributed by atoms with Crippen LogP contribution in [0.5, 0.6) is 5.75 Å². The second kappa shape index (κ2) is 6.92. The summed E-state index contributed by atoms with van der Waals surface area (Å²) in [6.07, 6.45) is 0. The number of nitrogens with one attached hydrogen (secondary N) is 2. The van der Waals surface area contributed by atoms with Crippen molar-refractivity contribution in [2.45, 2.75) is 25.7 Å². The van der Waals surface area contributed by atoms with Crippen LogP contribution in [0.4, 0.5) is 11.4 Å². The van der Waals surface area contributed by atoms with Crippen LogP contribution in [0.1, 0.15) is 18.1 Å². The number of aryl methyl sites for hydroxylation is 1. The molecule has 24 heavy (non-hydrogen) atoms. The molecule has 2 N–H and O–H groups in total. The monoisotopic (exact) mass is 348 g/mol. The number of sulfonamides is 1. The van der Waals surface area contributed by atoms with Crippen LogP contribution in [0.3, 0.4) is 0 Å². The number of hydrogen-bond donors (Lipinski definition) is 2. The van der Waals surface area contributed by atoms with Gasteiger partial charge in [0.05, 0.1) is 17.7 Å². The van der Waals surface area contributed by atoms with E-state index in [4.69, 9.17) is 4.74 Å². The highest BCUT2D eigenvalue weighted by atomic mass is 32.2. The fourth-order valence-electron chi connectivity index (χ4n) is 2.29. The number of carbonyl (C=O) groups is 1. The third-order valence-corrected chi connectivity index (χ3v) is 4.93. The van der Waals surface area contributed by atoms with E-state index in [2.05, 4.69) is 10.0 Å². The topological polar surface area (TPSA) is 84.5 Å². The number of ether oxygens (including phenoxy) is 1. The minimum atomic E-state index is -3.75. The van der Waals surface area contributed by atoms with E-state index in [9.17, 15) is 13.2 Å². The molecule has 2 rings (SSSR count). The SMILES string of the molecule is COc1ccc(S(=O)(=O)Nc2cccc(NC(C)=O)c2C)cc1C. The Bertz CT molecular complexity index is 876. The average Bonchev–Trinajstić information content (AvgIpc) is 2.50. The number of hydrogen-bond acceptors (Lipinski definition) is 4. The lowest BCUT2D eigenvalue weighted by molar-refractivity contribution is -0.114. The van der Waals surface area contributed by atoms with E-state index in [1.165, 1.54) is 20.1 Å². The highest BCUT2D eigenvalue weighted by molar-refractivity contribution is 7.92. The maximum atomic E-state index is 12.6. The molecular formula is C17H20N2O4S. The van der Waals surface area contributed by atoms with Gasteiger partial charge in [0.25, 0.3) is 10.0 Å². The lowest BCUT2D eigenvalue weighted by atomic mass is 10.1. The summed E-state index contributed by atoms with van der Waals surface area (Å²) in [6, 6.07) is 9.69. The van der Waals surface area contributed by atoms with Crippen LogP contribution in [-0.4, -0.2) is 21.4 Å². The van der Waals surface area contributed by atoms with E-state index >= 15 is 0 Å². The van der Waals surface area contributed by atoms with Crippen LogP contribution in [0, 0.1) is 13.8 Å². The Morgan fingerprint density at radius 3 is 2.33 bits per heavy atom. The highest BCUT2D eigenvalue weighted by Gasteiger charge is 2.17. The number of amides is 1. The van der Waals surface area contributed by atoms with Gasteiger partial charge in [0.15, 0.2) is 0 Å². The molecule has 0 aromatic heterocycles. The molecule has 0 bridgehead atoms. The fourth-order valence-corrected chi connectivity index (χ4v) is 3.50. The van der Waals surface area contributed by atoms with Gasteiger partial charge in [-0.1, -0.05) is 6.07 Å². The van der Waals surface area contributed by atoms with Gasteiger partial charge in [-0.05, 0) is 55.3 Å². The Morgan fingerprint density at radius 2 is 1.75 bits per heavy atom. The van der Waals surface area contributed by atoms with Crippen LogP contribution in [-0.2, 0) is 14.8 Å². The first-order chi connectivity index (χ1) is 11.2. The van der Waals surface area contributed by atoms with Gasteiger partial charge >= 0.3 is 0 Å². The number of benzene rings is 2. The number of anilines is 2. The van der Waals surface area contributed by atoms with Crippen LogP contribution in [0.2, 0.25) is 0 Å². The molecule has 2 aromatic carbocycles. The molecule has 0 radical (unpaired) electrons. The van der Waals surface area contributed by atoms with Crippen molar-refractivity contribution in [3.8, 4) is 5.75 Å². The van der Waals surface area contributed by atoms with Crippen molar-refractivity contribution in [2.24, 2.45) is 0 Å². The summed E-state index contributed by atoms with van der Waals surface area (Å²) in [7, 11) is -2.21. The largest absolute Gasteiger partial charge is 0.496 e. The summed E-state index contributed by atoms with van der Waals surface area (Å²) in [4.78, 5) is 11.4. The predicted octanol–water partition coefficient (Wildman–Crippen LogP) is 3.07. The highest BCUT2D eigenvalue weighted by Crippen LogP contribution is 2.27. The minimum Gasteiger partial charge on any atom is -0.496 e. The van der Waals surface area contributed by atoms with Crippen molar-refractivity contribution >= 4 is 27.3 Å². The third-order valence-electron chi connectivity index (χ3n) is 3.57. The summed E-state index contributed by atoms with van der Waals surface area (Å²) in [5.41, 5.74) is 2.34. The summed E-state index contributed by atoms with van der Waals surface area (Å²) in [5.74, 6) is 0.404. The molecule has 0 aliphatic heterocycles. The van der Waals surface area contributed by atoms with Gasteiger partial charge in [-0.3, -0.25) is 9.52 Å². The fraction of sp³-hybridized carbons (Fsp3) is 0.235. The van der Waals surface area contributed by atoms with Gasteiger partial charge in [0.2, 0.25) is 5.91 Å². The van der Waals surface area contributed by atoms with Crippen molar-refractivity contribution in [3.63, 3.8) is 0 Å². The second-order valence-corrected chi connectivity index (χ2v) is 7.08. The molecule has 1 amide bonds. The van der Waals surface area contributed by atoms with Gasteiger partial charge in [0.1, 0.15) is 5.75 Å². The first kappa shape index (κ1) is 17.8. The molecule has 0 aliphatic rings. The van der Waals surface area contributed by atoms with E-state index in [-0.39, 0.29) is 10.8 Å². The molecule has 128 valence electrons. The first-order valence-corrected chi connectivity index (χ1v) is 8.77. The molecule has 0 fully saturated rings. The molecule has 0 saturated heterocycles. The van der Waals surface area contributed by atoms with Crippen LogP contribution in [0.15, 0.2) is 41.3 Å². The van der Waals surface area contributed by atoms with Crippen LogP contribution < -0.4 is 14.8 Å². The smallest absolute Gasteiger partial charge is 0.261 e. The van der Waals surface area contributed by atoms with Gasteiger partial charge in [-0.25, -0.2) is 8.42 Å². The maximum absolute atomic E-state index is 12.6. The molecule has 0 aliphatic carbocycles. The van der Waals surface area contributed by atoms with Gasteiger partial charge in [-0.2, -0.15) is 0 Å². The quantitative estimate of drug-likeness (QED) is 0.870. The molecule has 0 atom stereocenters. The Hall–Kier alpha value is -2.54. The Balaban J connectivity index is 2.36. The van der Waals surface area contributed by atoms with Crippen LogP contribution >= 0.6 is 0 Å². The molecule has 7 heteroatoms. The van der Waals surface area contributed by atoms with Gasteiger partial charge < -0.3 is 10.1 Å². The van der Waals surface area contributed by atoms with Crippen LogP contribution in [0.25, 0.3) is 0 Å². The van der Waals surface area contributed by atoms with Crippen molar-refractivity contribution in [2.75, 3.05) is 17.1 Å². The number of methoxy groups -OCH3 is 1. The second-order valence-electron chi connectivity index (χ2n) is 5.40. The van der Waals surface area contributed by atoms with E-state index < -0.39 is 10.0 Å². The zero-order chi connectivity index (χ0) is 17.9. The van der Waals surface area contributed by atoms with Crippen molar-refractivity contribution in [1.82, 2.24) is 0 Å². The summed E-state index contributed by atoms with van der Waals surface area (Å²) in [6.45, 7) is 4.92. The van der Waals surface area contributed by atoms with E-state index in [0.717, 1.165) is 5.56 Å². The molecule has 0 heterocycles. The lowest BCUT2D eigenvalue weighted by Crippen LogP contribution is -2.15. The maximum Gasteiger partial charge on any atom is 0.261 e. The van der Waals surface area contributed by atoms with Gasteiger partial charge in [0, 0.05) is 12.6 Å². The normalized spacial score (nSPS) is 11.0. The number of carbonyl (C=O) groups excluding carboxylic acids is 1. The van der Waals surface area contributed by atoms with E-state index in [1.807, 2.05) is 0 Å². The summed E-state index contributed by atoms with van der Waals surface area (Å²) >= 11 is 0. The molecule has 0 saturated carbocycles. The molecule has 0 unspecified atom stereocenters. The average molecular weight is 348 g/mol. The van der Waals surface area contributed by atoms with E-state index in [1.54, 1.807) is 44.2 Å². The summed E-state index contributed by atoms with van der Waals surface area (Å²) < 4.78 is 32.9.